The SMILES string of the molecule is C=CCc1cc(/C=N\NC(=O)c2cccc(Br)c2)cc(OCC)c1O. The summed E-state index contributed by atoms with van der Waals surface area (Å²) in [6.45, 7) is 5.95. The van der Waals surface area contributed by atoms with Crippen molar-refractivity contribution in [3.05, 3.63) is 70.2 Å². The van der Waals surface area contributed by atoms with Gasteiger partial charge in [0.2, 0.25) is 0 Å². The van der Waals surface area contributed by atoms with Crippen molar-refractivity contribution < 1.29 is 14.6 Å². The number of hydrazone groups is 1. The highest BCUT2D eigenvalue weighted by atomic mass is 79.9. The minimum absolute atomic E-state index is 0.0945. The van der Waals surface area contributed by atoms with Crippen LogP contribution in [-0.2, 0) is 6.42 Å². The van der Waals surface area contributed by atoms with Gasteiger partial charge in [0.05, 0.1) is 12.8 Å². The second-order valence-electron chi connectivity index (χ2n) is 5.16. The number of phenols is 1. The molecule has 0 heterocycles. The second-order valence-corrected chi connectivity index (χ2v) is 6.08. The Morgan fingerprint density at radius 2 is 2.20 bits per heavy atom. The van der Waals surface area contributed by atoms with Crippen molar-refractivity contribution in [1.29, 1.82) is 0 Å². The quantitative estimate of drug-likeness (QED) is 0.416. The van der Waals surface area contributed by atoms with E-state index in [9.17, 15) is 9.90 Å². The van der Waals surface area contributed by atoms with Crippen LogP contribution in [0, 0.1) is 0 Å². The third-order valence-corrected chi connectivity index (χ3v) is 3.80. The molecule has 25 heavy (non-hydrogen) atoms. The van der Waals surface area contributed by atoms with E-state index in [1.54, 1.807) is 36.4 Å². The molecule has 2 aromatic carbocycles. The van der Waals surface area contributed by atoms with Gasteiger partial charge in [-0.2, -0.15) is 5.10 Å². The highest BCUT2D eigenvalue weighted by Crippen LogP contribution is 2.31. The fourth-order valence-corrected chi connectivity index (χ4v) is 2.60. The Morgan fingerprint density at radius 1 is 1.40 bits per heavy atom. The zero-order valence-electron chi connectivity index (χ0n) is 13.8. The number of carbonyl (C=O) groups excluding carboxylic acids is 1. The number of halogens is 1. The van der Waals surface area contributed by atoms with Crippen molar-refractivity contribution in [3.63, 3.8) is 0 Å². The summed E-state index contributed by atoms with van der Waals surface area (Å²) in [6.07, 6.45) is 3.70. The van der Waals surface area contributed by atoms with Crippen LogP contribution in [0.3, 0.4) is 0 Å². The van der Waals surface area contributed by atoms with E-state index in [0.29, 0.717) is 35.5 Å². The molecule has 2 N–H and O–H groups in total. The van der Waals surface area contributed by atoms with Crippen LogP contribution in [-0.4, -0.2) is 23.8 Å². The van der Waals surface area contributed by atoms with Crippen molar-refractivity contribution in [2.45, 2.75) is 13.3 Å². The number of phenolic OH excluding ortho intramolecular Hbond substituents is 1. The summed E-state index contributed by atoms with van der Waals surface area (Å²) >= 11 is 3.32. The average molecular weight is 403 g/mol. The summed E-state index contributed by atoms with van der Waals surface area (Å²) in [4.78, 5) is 12.1. The van der Waals surface area contributed by atoms with Gasteiger partial charge in [-0.15, -0.1) is 6.58 Å². The molecule has 0 aliphatic carbocycles. The lowest BCUT2D eigenvalue weighted by Crippen LogP contribution is -2.17. The standard InChI is InChI=1S/C19H19BrN2O3/c1-3-6-14-9-13(10-17(18(14)23)25-4-2)12-21-22-19(24)15-7-5-8-16(20)11-15/h3,5,7-12,23H,1,4,6H2,2H3,(H,22,24)/b21-12-. The molecule has 0 aromatic heterocycles. The lowest BCUT2D eigenvalue weighted by Gasteiger charge is -2.10. The van der Waals surface area contributed by atoms with Crippen LogP contribution in [0.15, 0.2) is 58.6 Å². The molecule has 0 unspecified atom stereocenters. The minimum atomic E-state index is -0.312. The molecule has 0 radical (unpaired) electrons. The third kappa shape index (κ3) is 5.19. The fourth-order valence-electron chi connectivity index (χ4n) is 2.20. The average Bonchev–Trinajstić information content (AvgIpc) is 2.59. The van der Waals surface area contributed by atoms with Crippen LogP contribution in [0.5, 0.6) is 11.5 Å². The number of rotatable bonds is 7. The van der Waals surface area contributed by atoms with Gasteiger partial charge in [0, 0.05) is 15.6 Å². The highest BCUT2D eigenvalue weighted by molar-refractivity contribution is 9.10. The molecule has 130 valence electrons. The predicted molar refractivity (Wildman–Crippen MR) is 102 cm³/mol. The molecule has 0 spiro atoms. The summed E-state index contributed by atoms with van der Waals surface area (Å²) in [6, 6.07) is 10.5. The first-order chi connectivity index (χ1) is 12.0. The van der Waals surface area contributed by atoms with Crippen molar-refractivity contribution in [3.8, 4) is 11.5 Å². The highest BCUT2D eigenvalue weighted by Gasteiger charge is 2.10. The number of hydrogen-bond donors (Lipinski definition) is 2. The Balaban J connectivity index is 2.16. The first kappa shape index (κ1) is 18.7. The van der Waals surface area contributed by atoms with Crippen molar-refractivity contribution in [1.82, 2.24) is 5.43 Å². The van der Waals surface area contributed by atoms with E-state index in [4.69, 9.17) is 4.74 Å². The molecule has 0 aliphatic rings. The van der Waals surface area contributed by atoms with Gasteiger partial charge in [-0.3, -0.25) is 4.79 Å². The van der Waals surface area contributed by atoms with Crippen LogP contribution in [0.25, 0.3) is 0 Å². The van der Waals surface area contributed by atoms with Gasteiger partial charge in [0.25, 0.3) is 5.91 Å². The third-order valence-electron chi connectivity index (χ3n) is 3.31. The topological polar surface area (TPSA) is 70.9 Å². The van der Waals surface area contributed by atoms with Gasteiger partial charge in [0.15, 0.2) is 11.5 Å². The van der Waals surface area contributed by atoms with Crippen molar-refractivity contribution in [2.75, 3.05) is 6.61 Å². The smallest absolute Gasteiger partial charge is 0.271 e. The van der Waals surface area contributed by atoms with Crippen molar-refractivity contribution >= 4 is 28.1 Å². The van der Waals surface area contributed by atoms with E-state index < -0.39 is 0 Å². The van der Waals surface area contributed by atoms with Gasteiger partial charge in [0.1, 0.15) is 0 Å². The normalized spacial score (nSPS) is 10.6. The largest absolute Gasteiger partial charge is 0.504 e. The van der Waals surface area contributed by atoms with Gasteiger partial charge >= 0.3 is 0 Å². The van der Waals surface area contributed by atoms with Crippen molar-refractivity contribution in [2.24, 2.45) is 5.10 Å². The molecule has 0 saturated carbocycles. The first-order valence-corrected chi connectivity index (χ1v) is 8.53. The van der Waals surface area contributed by atoms with E-state index >= 15 is 0 Å². The maximum absolute atomic E-state index is 12.1. The van der Waals surface area contributed by atoms with Crippen LogP contribution in [0.1, 0.15) is 28.4 Å². The number of nitrogens with one attached hydrogen (secondary N) is 1. The summed E-state index contributed by atoms with van der Waals surface area (Å²) in [5.74, 6) is 0.159. The van der Waals surface area contributed by atoms with Crippen LogP contribution >= 0.6 is 15.9 Å². The monoisotopic (exact) mass is 402 g/mol. The number of benzene rings is 2. The number of ether oxygens (including phenoxy) is 1. The zero-order valence-corrected chi connectivity index (χ0v) is 15.4. The number of nitrogens with zero attached hydrogens (tertiary/aromatic N) is 1. The molecule has 0 bridgehead atoms. The Kier molecular flexibility index (Phi) is 6.77. The summed E-state index contributed by atoms with van der Waals surface area (Å²) < 4.78 is 6.25. The lowest BCUT2D eigenvalue weighted by atomic mass is 10.1. The minimum Gasteiger partial charge on any atom is -0.504 e. The number of carbonyl (C=O) groups is 1. The van der Waals surface area contributed by atoms with Crippen LogP contribution in [0.2, 0.25) is 0 Å². The van der Waals surface area contributed by atoms with E-state index in [2.05, 4.69) is 33.0 Å². The van der Waals surface area contributed by atoms with Gasteiger partial charge in [-0.1, -0.05) is 28.1 Å². The first-order valence-electron chi connectivity index (χ1n) is 7.73. The zero-order chi connectivity index (χ0) is 18.2. The molecule has 2 aromatic rings. The second kappa shape index (κ2) is 9.03. The molecule has 5 nitrogen and oxygen atoms in total. The molecule has 0 aliphatic heterocycles. The number of allylic oxidation sites excluding steroid dienone is 1. The predicted octanol–water partition coefficient (Wildman–Crippen LogP) is 4.05. The summed E-state index contributed by atoms with van der Waals surface area (Å²) in [5.41, 5.74) is 4.36. The van der Waals surface area contributed by atoms with E-state index in [0.717, 1.165) is 4.47 Å². The van der Waals surface area contributed by atoms with E-state index in [1.165, 1.54) is 6.21 Å². The molecule has 0 atom stereocenters. The van der Waals surface area contributed by atoms with Gasteiger partial charge < -0.3 is 9.84 Å². The molecule has 0 fully saturated rings. The maximum Gasteiger partial charge on any atom is 0.271 e. The number of aromatic hydroxyl groups is 1. The van der Waals surface area contributed by atoms with Gasteiger partial charge in [-0.25, -0.2) is 5.43 Å². The van der Waals surface area contributed by atoms with Gasteiger partial charge in [-0.05, 0) is 49.2 Å². The lowest BCUT2D eigenvalue weighted by molar-refractivity contribution is 0.0955. The molecular weight excluding hydrogens is 384 g/mol. The number of hydrogen-bond acceptors (Lipinski definition) is 4. The molecule has 1 amide bonds. The molecular formula is C19H19BrN2O3. The van der Waals surface area contributed by atoms with E-state index in [1.807, 2.05) is 13.0 Å². The fraction of sp³-hybridized carbons (Fsp3) is 0.158. The Hall–Kier alpha value is -2.60. The molecule has 2 rings (SSSR count). The van der Waals surface area contributed by atoms with Crippen LogP contribution in [0.4, 0.5) is 0 Å². The summed E-state index contributed by atoms with van der Waals surface area (Å²) in [5, 5.41) is 14.1. The molecule has 0 saturated heterocycles. The van der Waals surface area contributed by atoms with E-state index in [-0.39, 0.29) is 11.7 Å². The van der Waals surface area contributed by atoms with Crippen LogP contribution < -0.4 is 10.2 Å². The Labute approximate surface area is 155 Å². The maximum atomic E-state index is 12.1. The summed E-state index contributed by atoms with van der Waals surface area (Å²) in [7, 11) is 0. The Bertz CT molecular complexity index is 803. The number of amides is 1. The molecule has 6 heteroatoms. The Morgan fingerprint density at radius 3 is 2.88 bits per heavy atom.